The minimum absolute atomic E-state index is 0.0392. The molecule has 0 saturated carbocycles. The monoisotopic (exact) mass is 351 g/mol. The predicted molar refractivity (Wildman–Crippen MR) is 86.1 cm³/mol. The number of carbonyl (C=O) groups excluding carboxylic acids is 1. The van der Waals surface area contributed by atoms with E-state index in [2.05, 4.69) is 15.9 Å². The molecule has 0 heterocycles. The summed E-state index contributed by atoms with van der Waals surface area (Å²) in [5, 5.41) is 0.616. The normalized spacial score (nSPS) is 10.4. The fourth-order valence-electron chi connectivity index (χ4n) is 1.90. The lowest BCUT2D eigenvalue weighted by Gasteiger charge is -2.18. The van der Waals surface area contributed by atoms with E-state index in [9.17, 15) is 4.79 Å². The molecule has 0 aliphatic carbocycles. The zero-order valence-corrected chi connectivity index (χ0v) is 13.7. The quantitative estimate of drug-likeness (QED) is 0.785. The van der Waals surface area contributed by atoms with Crippen molar-refractivity contribution < 1.29 is 4.79 Å². The second-order valence-corrected chi connectivity index (χ2v) is 5.98. The number of amides is 1. The summed E-state index contributed by atoms with van der Waals surface area (Å²) < 4.78 is 1.00. The molecule has 1 amide bonds. The molecule has 0 aliphatic rings. The molecule has 0 fully saturated rings. The Labute approximate surface area is 132 Å². The molecule has 4 heteroatoms. The van der Waals surface area contributed by atoms with Crippen LogP contribution < -0.4 is 0 Å². The molecule has 2 nitrogen and oxygen atoms in total. The summed E-state index contributed by atoms with van der Waals surface area (Å²) >= 11 is 9.56. The van der Waals surface area contributed by atoms with Crippen LogP contribution in [0.25, 0.3) is 0 Å². The molecule has 0 radical (unpaired) electrons. The average molecular weight is 353 g/mol. The maximum absolute atomic E-state index is 12.4. The maximum atomic E-state index is 12.4. The standard InChI is InChI=1S/C16H15BrClNO/c1-11-7-8-12(9-15(11)18)16(20)19(2)10-13-5-3-4-6-14(13)17/h3-9H,10H2,1-2H3. The zero-order valence-electron chi connectivity index (χ0n) is 11.4. The molecule has 0 aromatic heterocycles. The summed E-state index contributed by atoms with van der Waals surface area (Å²) in [5.74, 6) is -0.0392. The molecular formula is C16H15BrClNO. The molecule has 20 heavy (non-hydrogen) atoms. The molecule has 0 bridgehead atoms. The largest absolute Gasteiger partial charge is 0.337 e. The highest BCUT2D eigenvalue weighted by Crippen LogP contribution is 2.20. The van der Waals surface area contributed by atoms with E-state index in [-0.39, 0.29) is 5.91 Å². The lowest BCUT2D eigenvalue weighted by molar-refractivity contribution is 0.0785. The smallest absolute Gasteiger partial charge is 0.253 e. The van der Waals surface area contributed by atoms with Crippen LogP contribution >= 0.6 is 27.5 Å². The molecule has 2 aromatic rings. The lowest BCUT2D eigenvalue weighted by Crippen LogP contribution is -2.26. The molecule has 0 saturated heterocycles. The minimum Gasteiger partial charge on any atom is -0.337 e. The Morgan fingerprint density at radius 2 is 1.95 bits per heavy atom. The van der Waals surface area contributed by atoms with Crippen LogP contribution in [0.1, 0.15) is 21.5 Å². The first-order valence-corrected chi connectivity index (χ1v) is 7.41. The Balaban J connectivity index is 2.16. The van der Waals surface area contributed by atoms with Gasteiger partial charge in [0.15, 0.2) is 0 Å². The molecule has 0 unspecified atom stereocenters. The van der Waals surface area contributed by atoms with Gasteiger partial charge in [-0.2, -0.15) is 0 Å². The summed E-state index contributed by atoms with van der Waals surface area (Å²) in [6, 6.07) is 13.3. The average Bonchev–Trinajstić information content (AvgIpc) is 2.43. The summed E-state index contributed by atoms with van der Waals surface area (Å²) in [4.78, 5) is 14.1. The molecule has 2 rings (SSSR count). The van der Waals surface area contributed by atoms with Gasteiger partial charge in [0.1, 0.15) is 0 Å². The van der Waals surface area contributed by atoms with Crippen LogP contribution in [-0.4, -0.2) is 17.9 Å². The second kappa shape index (κ2) is 6.42. The van der Waals surface area contributed by atoms with E-state index in [1.807, 2.05) is 37.3 Å². The first-order chi connectivity index (χ1) is 9.49. The summed E-state index contributed by atoms with van der Waals surface area (Å²) in [6.07, 6.45) is 0. The van der Waals surface area contributed by atoms with E-state index in [0.29, 0.717) is 17.1 Å². The third kappa shape index (κ3) is 3.41. The highest BCUT2D eigenvalue weighted by Gasteiger charge is 2.14. The Morgan fingerprint density at radius 1 is 1.25 bits per heavy atom. The maximum Gasteiger partial charge on any atom is 0.253 e. The highest BCUT2D eigenvalue weighted by atomic mass is 79.9. The molecule has 2 aromatic carbocycles. The van der Waals surface area contributed by atoms with Gasteiger partial charge in [0.25, 0.3) is 5.91 Å². The van der Waals surface area contributed by atoms with Crippen molar-refractivity contribution >= 4 is 33.4 Å². The first kappa shape index (κ1) is 15.1. The number of halogens is 2. The Kier molecular flexibility index (Phi) is 4.84. The van der Waals surface area contributed by atoms with Crippen molar-refractivity contribution in [2.75, 3.05) is 7.05 Å². The van der Waals surface area contributed by atoms with Crippen molar-refractivity contribution in [2.45, 2.75) is 13.5 Å². The minimum atomic E-state index is -0.0392. The molecular weight excluding hydrogens is 338 g/mol. The SMILES string of the molecule is Cc1ccc(C(=O)N(C)Cc2ccccc2Br)cc1Cl. The predicted octanol–water partition coefficient (Wildman–Crippen LogP) is 4.68. The van der Waals surface area contributed by atoms with Crippen molar-refractivity contribution in [1.29, 1.82) is 0 Å². The summed E-state index contributed by atoms with van der Waals surface area (Å²) in [7, 11) is 1.79. The van der Waals surface area contributed by atoms with Crippen molar-refractivity contribution in [3.63, 3.8) is 0 Å². The fourth-order valence-corrected chi connectivity index (χ4v) is 2.49. The van der Waals surface area contributed by atoms with Gasteiger partial charge in [-0.1, -0.05) is 51.8 Å². The number of rotatable bonds is 3. The van der Waals surface area contributed by atoms with Gasteiger partial charge >= 0.3 is 0 Å². The van der Waals surface area contributed by atoms with Crippen molar-refractivity contribution in [3.8, 4) is 0 Å². The summed E-state index contributed by atoms with van der Waals surface area (Å²) in [5.41, 5.74) is 2.65. The number of aryl methyl sites for hydroxylation is 1. The molecule has 0 atom stereocenters. The van der Waals surface area contributed by atoms with Crippen molar-refractivity contribution in [1.82, 2.24) is 4.90 Å². The number of hydrogen-bond donors (Lipinski definition) is 0. The molecule has 104 valence electrons. The van der Waals surface area contributed by atoms with Crippen LogP contribution in [0.5, 0.6) is 0 Å². The topological polar surface area (TPSA) is 20.3 Å². The first-order valence-electron chi connectivity index (χ1n) is 6.24. The van der Waals surface area contributed by atoms with Crippen molar-refractivity contribution in [2.24, 2.45) is 0 Å². The van der Waals surface area contributed by atoms with Gasteiger partial charge in [0.2, 0.25) is 0 Å². The van der Waals surface area contributed by atoms with E-state index < -0.39 is 0 Å². The Morgan fingerprint density at radius 3 is 2.60 bits per heavy atom. The summed E-state index contributed by atoms with van der Waals surface area (Å²) in [6.45, 7) is 2.47. The van der Waals surface area contributed by atoms with Crippen LogP contribution in [-0.2, 0) is 6.54 Å². The molecule has 0 spiro atoms. The third-order valence-electron chi connectivity index (χ3n) is 3.13. The van der Waals surface area contributed by atoms with Crippen LogP contribution in [0.4, 0.5) is 0 Å². The number of nitrogens with zero attached hydrogens (tertiary/aromatic N) is 1. The number of hydrogen-bond acceptors (Lipinski definition) is 1. The number of benzene rings is 2. The molecule has 0 aliphatic heterocycles. The van der Waals surface area contributed by atoms with Gasteiger partial charge in [-0.15, -0.1) is 0 Å². The van der Waals surface area contributed by atoms with Crippen molar-refractivity contribution in [3.05, 3.63) is 68.7 Å². The molecule has 0 N–H and O–H groups in total. The van der Waals surface area contributed by atoms with E-state index >= 15 is 0 Å². The Bertz CT molecular complexity index is 642. The van der Waals surface area contributed by atoms with Gasteiger partial charge in [-0.3, -0.25) is 4.79 Å². The van der Waals surface area contributed by atoms with E-state index in [1.54, 1.807) is 24.1 Å². The van der Waals surface area contributed by atoms with Gasteiger partial charge in [-0.25, -0.2) is 0 Å². The second-order valence-electron chi connectivity index (χ2n) is 4.72. The van der Waals surface area contributed by atoms with Gasteiger partial charge < -0.3 is 4.90 Å². The van der Waals surface area contributed by atoms with Crippen LogP contribution in [0.2, 0.25) is 5.02 Å². The van der Waals surface area contributed by atoms with Gasteiger partial charge in [0, 0.05) is 28.7 Å². The van der Waals surface area contributed by atoms with E-state index in [4.69, 9.17) is 11.6 Å². The lowest BCUT2D eigenvalue weighted by atomic mass is 10.1. The fraction of sp³-hybridized carbons (Fsp3) is 0.188. The zero-order chi connectivity index (χ0) is 14.7. The highest BCUT2D eigenvalue weighted by molar-refractivity contribution is 9.10. The van der Waals surface area contributed by atoms with E-state index in [0.717, 1.165) is 15.6 Å². The van der Waals surface area contributed by atoms with Crippen LogP contribution in [0, 0.1) is 6.92 Å². The number of carbonyl (C=O) groups is 1. The van der Waals surface area contributed by atoms with Crippen LogP contribution in [0.15, 0.2) is 46.9 Å². The third-order valence-corrected chi connectivity index (χ3v) is 4.31. The van der Waals surface area contributed by atoms with E-state index in [1.165, 1.54) is 0 Å². The van der Waals surface area contributed by atoms with Gasteiger partial charge in [-0.05, 0) is 36.2 Å². The van der Waals surface area contributed by atoms with Gasteiger partial charge in [0.05, 0.1) is 0 Å². The van der Waals surface area contributed by atoms with Crippen LogP contribution in [0.3, 0.4) is 0 Å². The Hall–Kier alpha value is -1.32.